The van der Waals surface area contributed by atoms with E-state index in [9.17, 15) is 0 Å². The minimum atomic E-state index is 0.677. The van der Waals surface area contributed by atoms with Crippen LogP contribution >= 0.6 is 0 Å². The Morgan fingerprint density at radius 1 is 1.05 bits per heavy atom. The lowest BCUT2D eigenvalue weighted by molar-refractivity contribution is 0.907. The van der Waals surface area contributed by atoms with Crippen molar-refractivity contribution in [2.75, 3.05) is 12.3 Å². The molecule has 21 heavy (non-hydrogen) atoms. The highest BCUT2D eigenvalue weighted by molar-refractivity contribution is 6.04. The SMILES string of the molecule is Nc1c2ccc(C3=NCCC3)cc2nn1-c1ccccc1. The molecule has 1 aliphatic heterocycles. The summed E-state index contributed by atoms with van der Waals surface area (Å²) < 4.78 is 1.80. The number of nitrogens with zero attached hydrogens (tertiary/aromatic N) is 3. The van der Waals surface area contributed by atoms with E-state index in [-0.39, 0.29) is 0 Å². The Labute approximate surface area is 122 Å². The molecule has 0 saturated heterocycles. The molecule has 2 N–H and O–H groups in total. The third-order valence-corrected chi connectivity index (χ3v) is 3.92. The minimum Gasteiger partial charge on any atom is -0.383 e. The van der Waals surface area contributed by atoms with Gasteiger partial charge in [-0.2, -0.15) is 5.10 Å². The van der Waals surface area contributed by atoms with Gasteiger partial charge in [0, 0.05) is 17.6 Å². The topological polar surface area (TPSA) is 56.2 Å². The summed E-state index contributed by atoms with van der Waals surface area (Å²) in [6.45, 7) is 0.938. The van der Waals surface area contributed by atoms with Gasteiger partial charge in [0.25, 0.3) is 0 Å². The zero-order valence-electron chi connectivity index (χ0n) is 11.7. The highest BCUT2D eigenvalue weighted by atomic mass is 15.3. The third-order valence-electron chi connectivity index (χ3n) is 3.92. The lowest BCUT2D eigenvalue weighted by atomic mass is 10.1. The smallest absolute Gasteiger partial charge is 0.135 e. The summed E-state index contributed by atoms with van der Waals surface area (Å²) in [6, 6.07) is 16.2. The van der Waals surface area contributed by atoms with Gasteiger partial charge in [-0.15, -0.1) is 0 Å². The molecule has 0 spiro atoms. The van der Waals surface area contributed by atoms with Crippen molar-refractivity contribution in [3.8, 4) is 5.69 Å². The quantitative estimate of drug-likeness (QED) is 0.781. The number of hydrogen-bond acceptors (Lipinski definition) is 3. The molecule has 0 atom stereocenters. The van der Waals surface area contributed by atoms with Crippen LogP contribution < -0.4 is 5.73 Å². The largest absolute Gasteiger partial charge is 0.383 e. The Hall–Kier alpha value is -2.62. The van der Waals surface area contributed by atoms with E-state index in [1.165, 1.54) is 5.71 Å². The predicted molar refractivity (Wildman–Crippen MR) is 86.1 cm³/mol. The Bertz CT molecular complexity index is 831. The Kier molecular flexibility index (Phi) is 2.74. The van der Waals surface area contributed by atoms with Gasteiger partial charge in [0.05, 0.1) is 11.2 Å². The molecule has 1 aromatic heterocycles. The second-order valence-electron chi connectivity index (χ2n) is 5.30. The maximum atomic E-state index is 6.24. The number of aliphatic imine (C=N–C) groups is 1. The predicted octanol–water partition coefficient (Wildman–Crippen LogP) is 3.19. The summed E-state index contributed by atoms with van der Waals surface area (Å²) >= 11 is 0. The summed E-state index contributed by atoms with van der Waals surface area (Å²) in [4.78, 5) is 4.55. The van der Waals surface area contributed by atoms with Crippen LogP contribution in [0, 0.1) is 0 Å². The van der Waals surface area contributed by atoms with Crippen LogP contribution in [0.25, 0.3) is 16.6 Å². The van der Waals surface area contributed by atoms with Crippen molar-refractivity contribution in [3.63, 3.8) is 0 Å². The Morgan fingerprint density at radius 2 is 1.90 bits per heavy atom. The molecule has 0 aliphatic carbocycles. The Morgan fingerprint density at radius 3 is 2.67 bits per heavy atom. The highest BCUT2D eigenvalue weighted by Gasteiger charge is 2.13. The number of aromatic nitrogens is 2. The molecule has 4 rings (SSSR count). The van der Waals surface area contributed by atoms with Gasteiger partial charge in [-0.3, -0.25) is 4.99 Å². The zero-order chi connectivity index (χ0) is 14.2. The molecule has 0 bridgehead atoms. The number of hydrogen-bond donors (Lipinski definition) is 1. The van der Waals surface area contributed by atoms with E-state index in [2.05, 4.69) is 22.2 Å². The van der Waals surface area contributed by atoms with Gasteiger partial charge in [0.15, 0.2) is 0 Å². The van der Waals surface area contributed by atoms with Gasteiger partial charge >= 0.3 is 0 Å². The monoisotopic (exact) mass is 276 g/mol. The molecule has 0 amide bonds. The molecule has 4 nitrogen and oxygen atoms in total. The van der Waals surface area contributed by atoms with E-state index >= 15 is 0 Å². The normalized spacial score (nSPS) is 14.6. The van der Waals surface area contributed by atoms with Crippen molar-refractivity contribution in [1.82, 2.24) is 9.78 Å². The molecular formula is C17H16N4. The van der Waals surface area contributed by atoms with Gasteiger partial charge in [0.1, 0.15) is 5.82 Å². The van der Waals surface area contributed by atoms with Crippen molar-refractivity contribution in [1.29, 1.82) is 0 Å². The lowest BCUT2D eigenvalue weighted by Gasteiger charge is -2.02. The second-order valence-corrected chi connectivity index (χ2v) is 5.30. The summed E-state index contributed by atoms with van der Waals surface area (Å²) in [5.74, 6) is 0.677. The number of para-hydroxylation sites is 1. The van der Waals surface area contributed by atoms with Crippen molar-refractivity contribution in [2.24, 2.45) is 4.99 Å². The highest BCUT2D eigenvalue weighted by Crippen LogP contribution is 2.26. The summed E-state index contributed by atoms with van der Waals surface area (Å²) in [5, 5.41) is 5.64. The van der Waals surface area contributed by atoms with E-state index in [1.54, 1.807) is 4.68 Å². The number of nitrogen functional groups attached to an aromatic ring is 1. The first kappa shape index (κ1) is 12.1. The fourth-order valence-electron chi connectivity index (χ4n) is 2.83. The molecule has 104 valence electrons. The number of nitrogens with two attached hydrogens (primary N) is 1. The van der Waals surface area contributed by atoms with Crippen molar-refractivity contribution in [3.05, 3.63) is 54.1 Å². The average molecular weight is 276 g/mol. The zero-order valence-corrected chi connectivity index (χ0v) is 11.7. The van der Waals surface area contributed by atoms with Crippen molar-refractivity contribution in [2.45, 2.75) is 12.8 Å². The van der Waals surface area contributed by atoms with Gasteiger partial charge < -0.3 is 5.73 Å². The van der Waals surface area contributed by atoms with Crippen LogP contribution in [0.1, 0.15) is 18.4 Å². The molecule has 3 aromatic rings. The molecule has 2 heterocycles. The van der Waals surface area contributed by atoms with E-state index < -0.39 is 0 Å². The van der Waals surface area contributed by atoms with Gasteiger partial charge in [-0.1, -0.05) is 24.3 Å². The van der Waals surface area contributed by atoms with E-state index in [4.69, 9.17) is 5.73 Å². The number of benzene rings is 2. The van der Waals surface area contributed by atoms with Gasteiger partial charge in [0.2, 0.25) is 0 Å². The van der Waals surface area contributed by atoms with Crippen LogP contribution in [-0.2, 0) is 0 Å². The molecule has 0 radical (unpaired) electrons. The van der Waals surface area contributed by atoms with Crippen LogP contribution in [0.15, 0.2) is 53.5 Å². The van der Waals surface area contributed by atoms with Crippen molar-refractivity contribution < 1.29 is 0 Å². The maximum absolute atomic E-state index is 6.24. The molecule has 0 saturated carbocycles. The standard InChI is InChI=1S/C17H16N4/c18-17-14-9-8-12(15-7-4-10-19-15)11-16(14)20-21(17)13-5-2-1-3-6-13/h1-3,5-6,8-9,11H,4,7,10,18H2. The second kappa shape index (κ2) is 4.74. The first-order valence-corrected chi connectivity index (χ1v) is 7.20. The molecule has 4 heteroatoms. The fourth-order valence-corrected chi connectivity index (χ4v) is 2.83. The first-order chi connectivity index (χ1) is 10.3. The van der Waals surface area contributed by atoms with Crippen LogP contribution in [0.2, 0.25) is 0 Å². The van der Waals surface area contributed by atoms with Crippen LogP contribution in [0.3, 0.4) is 0 Å². The number of fused-ring (bicyclic) bond motifs is 1. The van der Waals surface area contributed by atoms with E-state index in [0.717, 1.165) is 41.5 Å². The molecular weight excluding hydrogens is 260 g/mol. The van der Waals surface area contributed by atoms with Crippen LogP contribution in [0.5, 0.6) is 0 Å². The lowest BCUT2D eigenvalue weighted by Crippen LogP contribution is -2.00. The summed E-state index contributed by atoms with van der Waals surface area (Å²) in [6.07, 6.45) is 2.20. The van der Waals surface area contributed by atoms with Crippen LogP contribution in [0.4, 0.5) is 5.82 Å². The first-order valence-electron chi connectivity index (χ1n) is 7.20. The Balaban J connectivity index is 1.86. The van der Waals surface area contributed by atoms with Crippen LogP contribution in [-0.4, -0.2) is 22.0 Å². The maximum Gasteiger partial charge on any atom is 0.135 e. The van der Waals surface area contributed by atoms with E-state index in [0.29, 0.717) is 5.82 Å². The molecule has 2 aromatic carbocycles. The van der Waals surface area contributed by atoms with Gasteiger partial charge in [-0.05, 0) is 42.7 Å². The van der Waals surface area contributed by atoms with E-state index in [1.807, 2.05) is 36.4 Å². The number of anilines is 1. The van der Waals surface area contributed by atoms with Crippen molar-refractivity contribution >= 4 is 22.4 Å². The molecule has 0 unspecified atom stereocenters. The average Bonchev–Trinajstić information content (AvgIpc) is 3.16. The van der Waals surface area contributed by atoms with Gasteiger partial charge in [-0.25, -0.2) is 4.68 Å². The molecule has 0 fully saturated rings. The summed E-state index contributed by atoms with van der Waals surface area (Å²) in [5.41, 5.74) is 10.5. The fraction of sp³-hybridized carbons (Fsp3) is 0.176. The molecule has 1 aliphatic rings. The number of rotatable bonds is 2. The third kappa shape index (κ3) is 2.00. The minimum absolute atomic E-state index is 0.677. The summed E-state index contributed by atoms with van der Waals surface area (Å²) in [7, 11) is 0.